The van der Waals surface area contributed by atoms with Crippen molar-refractivity contribution >= 4 is 23.8 Å². The normalized spacial score (nSPS) is 24.1. The fourth-order valence-electron chi connectivity index (χ4n) is 1.73. The lowest BCUT2D eigenvalue weighted by Crippen LogP contribution is -2.48. The molecule has 1 saturated heterocycles. The van der Waals surface area contributed by atoms with Crippen molar-refractivity contribution in [3.63, 3.8) is 0 Å². The van der Waals surface area contributed by atoms with Gasteiger partial charge in [-0.15, -0.1) is 0 Å². The van der Waals surface area contributed by atoms with E-state index in [0.29, 0.717) is 6.54 Å². The first-order chi connectivity index (χ1) is 8.26. The van der Waals surface area contributed by atoms with Crippen molar-refractivity contribution in [2.45, 2.75) is 37.2 Å². The number of nitrogens with zero attached hydrogens (tertiary/aromatic N) is 1. The quantitative estimate of drug-likeness (QED) is 0.689. The molecule has 0 spiro atoms. The van der Waals surface area contributed by atoms with E-state index in [1.165, 1.54) is 4.90 Å². The molecule has 18 heavy (non-hydrogen) atoms. The van der Waals surface area contributed by atoms with Gasteiger partial charge in [-0.05, 0) is 20.1 Å². The lowest BCUT2D eigenvalue weighted by molar-refractivity contribution is -0.141. The van der Waals surface area contributed by atoms with E-state index in [0.717, 1.165) is 0 Å². The minimum atomic E-state index is -1.08. The molecule has 1 aliphatic rings. The van der Waals surface area contributed by atoms with Crippen LogP contribution in [0.2, 0.25) is 0 Å². The average molecular weight is 276 g/mol. The van der Waals surface area contributed by atoms with Gasteiger partial charge in [0.15, 0.2) is 0 Å². The van der Waals surface area contributed by atoms with E-state index < -0.39 is 24.1 Å². The first-order valence-corrected chi connectivity index (χ1v) is 7.00. The number of nitrogens with one attached hydrogen (secondary N) is 1. The van der Waals surface area contributed by atoms with Crippen LogP contribution < -0.4 is 5.32 Å². The Hall–Kier alpha value is -0.950. The van der Waals surface area contributed by atoms with Gasteiger partial charge in [-0.25, -0.2) is 9.59 Å². The molecule has 0 saturated carbocycles. The summed E-state index contributed by atoms with van der Waals surface area (Å²) in [6, 6.07) is -1.36. The summed E-state index contributed by atoms with van der Waals surface area (Å²) in [5.74, 6) is -1.08. The number of hydrogen-bond acceptors (Lipinski definition) is 4. The van der Waals surface area contributed by atoms with Crippen LogP contribution in [0.1, 0.15) is 20.3 Å². The van der Waals surface area contributed by atoms with E-state index in [1.807, 2.05) is 20.1 Å². The highest BCUT2D eigenvalue weighted by molar-refractivity contribution is 7.99. The standard InChI is InChI=1S/C11H20N2O4S/c1-11(2,18-3)6-12-10(17)13-5-7(14)4-8(13)9(15)16/h7-8,14H,4-6H2,1-3H3,(H,12,17)(H,15,16). The number of hydrogen-bond donors (Lipinski definition) is 3. The number of carboxylic acids is 1. The maximum Gasteiger partial charge on any atom is 0.326 e. The number of aliphatic carboxylic acids is 1. The maximum atomic E-state index is 11.9. The Kier molecular flexibility index (Phi) is 4.86. The zero-order valence-corrected chi connectivity index (χ0v) is 11.7. The van der Waals surface area contributed by atoms with E-state index in [-0.39, 0.29) is 17.7 Å². The second-order valence-electron chi connectivity index (χ2n) is 5.02. The van der Waals surface area contributed by atoms with Gasteiger partial charge >= 0.3 is 12.0 Å². The molecular formula is C11H20N2O4S. The number of β-amino-alcohol motifs (C(OH)–C–C–N with tert-alkyl or cyclic N) is 1. The molecule has 3 N–H and O–H groups in total. The fourth-order valence-corrected chi connectivity index (χ4v) is 1.95. The van der Waals surface area contributed by atoms with Crippen LogP contribution in [0.3, 0.4) is 0 Å². The molecule has 7 heteroatoms. The molecule has 104 valence electrons. The Morgan fingerprint density at radius 3 is 2.61 bits per heavy atom. The maximum absolute atomic E-state index is 11.9. The molecule has 0 aliphatic carbocycles. The van der Waals surface area contributed by atoms with Crippen molar-refractivity contribution < 1.29 is 19.8 Å². The van der Waals surface area contributed by atoms with Crippen LogP contribution in [0.25, 0.3) is 0 Å². The second kappa shape index (κ2) is 5.79. The number of carboxylic acid groups (broad SMARTS) is 1. The van der Waals surface area contributed by atoms with Crippen molar-refractivity contribution in [3.8, 4) is 0 Å². The molecule has 1 heterocycles. The second-order valence-corrected chi connectivity index (χ2v) is 6.53. The van der Waals surface area contributed by atoms with Gasteiger partial charge < -0.3 is 20.4 Å². The van der Waals surface area contributed by atoms with Crippen LogP contribution in [0.4, 0.5) is 4.79 Å². The third kappa shape index (κ3) is 3.78. The number of aliphatic hydroxyl groups is 1. The topological polar surface area (TPSA) is 89.9 Å². The predicted molar refractivity (Wildman–Crippen MR) is 69.7 cm³/mol. The SMILES string of the molecule is CSC(C)(C)CNC(=O)N1CC(O)CC1C(=O)O. The number of likely N-dealkylation sites (tertiary alicyclic amines) is 1. The summed E-state index contributed by atoms with van der Waals surface area (Å²) < 4.78 is -0.104. The van der Waals surface area contributed by atoms with Gasteiger partial charge in [-0.3, -0.25) is 0 Å². The van der Waals surface area contributed by atoms with Gasteiger partial charge in [0.1, 0.15) is 6.04 Å². The minimum absolute atomic E-state index is 0.0719. The summed E-state index contributed by atoms with van der Waals surface area (Å²) in [5, 5.41) is 21.2. The number of carbonyl (C=O) groups is 2. The first kappa shape index (κ1) is 15.1. The van der Waals surface area contributed by atoms with E-state index >= 15 is 0 Å². The molecule has 2 unspecified atom stereocenters. The zero-order valence-electron chi connectivity index (χ0n) is 10.8. The van der Waals surface area contributed by atoms with Gasteiger partial charge in [-0.2, -0.15) is 11.8 Å². The highest BCUT2D eigenvalue weighted by Crippen LogP contribution is 2.21. The lowest BCUT2D eigenvalue weighted by atomic mass is 10.2. The number of amides is 2. The Labute approximate surface area is 111 Å². The lowest BCUT2D eigenvalue weighted by Gasteiger charge is -2.26. The Morgan fingerprint density at radius 1 is 1.50 bits per heavy atom. The molecule has 2 amide bonds. The molecule has 1 aliphatic heterocycles. The van der Waals surface area contributed by atoms with Crippen molar-refractivity contribution in [1.82, 2.24) is 10.2 Å². The number of aliphatic hydroxyl groups excluding tert-OH is 1. The highest BCUT2D eigenvalue weighted by Gasteiger charge is 2.39. The van der Waals surface area contributed by atoms with Crippen LogP contribution in [0.15, 0.2) is 0 Å². The van der Waals surface area contributed by atoms with Crippen LogP contribution in [0, 0.1) is 0 Å². The molecule has 0 bridgehead atoms. The zero-order chi connectivity index (χ0) is 13.9. The summed E-state index contributed by atoms with van der Waals surface area (Å²) in [6.45, 7) is 4.51. The minimum Gasteiger partial charge on any atom is -0.480 e. The van der Waals surface area contributed by atoms with Gasteiger partial charge in [0.2, 0.25) is 0 Å². The molecule has 1 fully saturated rings. The largest absolute Gasteiger partial charge is 0.480 e. The third-order valence-corrected chi connectivity index (χ3v) is 4.29. The van der Waals surface area contributed by atoms with Gasteiger partial charge in [0.05, 0.1) is 6.10 Å². The fraction of sp³-hybridized carbons (Fsp3) is 0.818. The Morgan fingerprint density at radius 2 is 2.11 bits per heavy atom. The van der Waals surface area contributed by atoms with E-state index in [9.17, 15) is 14.7 Å². The monoisotopic (exact) mass is 276 g/mol. The first-order valence-electron chi connectivity index (χ1n) is 5.77. The van der Waals surface area contributed by atoms with Crippen molar-refractivity contribution in [2.75, 3.05) is 19.3 Å². The van der Waals surface area contributed by atoms with E-state index in [2.05, 4.69) is 5.32 Å². The highest BCUT2D eigenvalue weighted by atomic mass is 32.2. The van der Waals surface area contributed by atoms with Crippen molar-refractivity contribution in [3.05, 3.63) is 0 Å². The van der Waals surface area contributed by atoms with E-state index in [1.54, 1.807) is 11.8 Å². The summed E-state index contributed by atoms with van der Waals surface area (Å²) in [4.78, 5) is 24.1. The third-order valence-electron chi connectivity index (χ3n) is 3.04. The number of urea groups is 1. The number of thioether (sulfide) groups is 1. The van der Waals surface area contributed by atoms with Crippen LogP contribution in [-0.2, 0) is 4.79 Å². The Bertz CT molecular complexity index is 335. The van der Waals surface area contributed by atoms with E-state index in [4.69, 9.17) is 5.11 Å². The van der Waals surface area contributed by atoms with Crippen LogP contribution in [0.5, 0.6) is 0 Å². The molecule has 6 nitrogen and oxygen atoms in total. The van der Waals surface area contributed by atoms with Crippen molar-refractivity contribution in [2.24, 2.45) is 0 Å². The molecule has 1 rings (SSSR count). The molecule has 2 atom stereocenters. The molecule has 0 radical (unpaired) electrons. The van der Waals surface area contributed by atoms with Crippen LogP contribution >= 0.6 is 11.8 Å². The summed E-state index contributed by atoms with van der Waals surface area (Å²) >= 11 is 1.62. The number of carbonyl (C=O) groups excluding carboxylic acids is 1. The summed E-state index contributed by atoms with van der Waals surface area (Å²) in [7, 11) is 0. The van der Waals surface area contributed by atoms with Crippen molar-refractivity contribution in [1.29, 1.82) is 0 Å². The Balaban J connectivity index is 2.58. The smallest absolute Gasteiger partial charge is 0.326 e. The molecule has 0 aromatic carbocycles. The van der Waals surface area contributed by atoms with Gasteiger partial charge in [-0.1, -0.05) is 0 Å². The molecule has 0 aromatic rings. The van der Waals surface area contributed by atoms with Gasteiger partial charge in [0.25, 0.3) is 0 Å². The van der Waals surface area contributed by atoms with Gasteiger partial charge in [0, 0.05) is 24.3 Å². The number of rotatable bonds is 4. The van der Waals surface area contributed by atoms with Crippen LogP contribution in [-0.4, -0.2) is 63.4 Å². The molecular weight excluding hydrogens is 256 g/mol. The predicted octanol–water partition coefficient (Wildman–Crippen LogP) is 0.357. The molecule has 0 aromatic heterocycles. The summed E-state index contributed by atoms with van der Waals surface area (Å²) in [5.41, 5.74) is 0. The average Bonchev–Trinajstić information content (AvgIpc) is 2.68. The summed E-state index contributed by atoms with van der Waals surface area (Å²) in [6.07, 6.45) is 1.28.